The lowest BCUT2D eigenvalue weighted by Crippen LogP contribution is -2.45. The van der Waals surface area contributed by atoms with E-state index in [0.29, 0.717) is 25.6 Å². The van der Waals surface area contributed by atoms with Gasteiger partial charge in [-0.05, 0) is 69.3 Å². The summed E-state index contributed by atoms with van der Waals surface area (Å²) in [5.41, 5.74) is 6.97. The SMILES string of the molecule is Cl.Cl.NCCCC(=O)N1CCCOc2cccc(c2)CCC2CCCCN2CC1. The highest BCUT2D eigenvalue weighted by Gasteiger charge is 2.23. The van der Waals surface area contributed by atoms with Gasteiger partial charge in [0.2, 0.25) is 5.91 Å². The first kappa shape index (κ1) is 26.0. The fourth-order valence-electron chi connectivity index (χ4n) is 4.27. The number of nitrogens with zero attached hydrogens (tertiary/aromatic N) is 2. The fourth-order valence-corrected chi connectivity index (χ4v) is 4.27. The molecule has 0 spiro atoms. The molecule has 0 saturated carbocycles. The zero-order chi connectivity index (χ0) is 18.9. The van der Waals surface area contributed by atoms with E-state index < -0.39 is 0 Å². The molecule has 1 aromatic rings. The Morgan fingerprint density at radius 2 is 1.93 bits per heavy atom. The zero-order valence-electron chi connectivity index (χ0n) is 17.4. The first-order valence-electron chi connectivity index (χ1n) is 10.7. The number of fused-ring (bicyclic) bond motifs is 3. The van der Waals surface area contributed by atoms with Crippen LogP contribution in [0.15, 0.2) is 24.3 Å². The van der Waals surface area contributed by atoms with Gasteiger partial charge in [-0.25, -0.2) is 0 Å². The molecule has 5 nitrogen and oxygen atoms in total. The van der Waals surface area contributed by atoms with E-state index in [1.54, 1.807) is 0 Å². The molecular weight excluding hydrogens is 409 g/mol. The summed E-state index contributed by atoms with van der Waals surface area (Å²) < 4.78 is 5.94. The summed E-state index contributed by atoms with van der Waals surface area (Å²) >= 11 is 0. The molecule has 2 bridgehead atoms. The van der Waals surface area contributed by atoms with E-state index in [2.05, 4.69) is 23.1 Å². The lowest BCUT2D eigenvalue weighted by molar-refractivity contribution is -0.131. The maximum Gasteiger partial charge on any atom is 0.222 e. The standard InChI is InChI=1S/C22H35N3O2.2ClH/c23-12-4-9-22(26)25-14-5-17-27-21-8-3-6-19(18-21)10-11-20-7-1-2-13-24(20)15-16-25;;/h3,6,8,18,20H,1-2,4-5,7,9-17,23H2;2*1H. The quantitative estimate of drug-likeness (QED) is 0.770. The van der Waals surface area contributed by atoms with Crippen LogP contribution in [0, 0.1) is 0 Å². The second-order valence-corrected chi connectivity index (χ2v) is 7.85. The summed E-state index contributed by atoms with van der Waals surface area (Å²) in [5.74, 6) is 1.19. The summed E-state index contributed by atoms with van der Waals surface area (Å²) in [6, 6.07) is 9.16. The van der Waals surface area contributed by atoms with E-state index in [-0.39, 0.29) is 30.7 Å². The Morgan fingerprint density at radius 3 is 2.76 bits per heavy atom. The molecule has 2 aliphatic heterocycles. The minimum atomic E-state index is 0. The van der Waals surface area contributed by atoms with Crippen molar-refractivity contribution in [2.45, 2.75) is 57.4 Å². The Bertz CT molecular complexity index is 603. The summed E-state index contributed by atoms with van der Waals surface area (Å²) in [6.07, 6.45) is 8.35. The van der Waals surface area contributed by atoms with Crippen LogP contribution in [0.2, 0.25) is 0 Å². The van der Waals surface area contributed by atoms with Crippen molar-refractivity contribution in [2.75, 3.05) is 39.3 Å². The highest BCUT2D eigenvalue weighted by molar-refractivity contribution is 5.85. The van der Waals surface area contributed by atoms with Crippen LogP contribution in [0.5, 0.6) is 5.75 Å². The Labute approximate surface area is 188 Å². The van der Waals surface area contributed by atoms with Gasteiger partial charge >= 0.3 is 0 Å². The molecule has 0 aromatic heterocycles. The average molecular weight is 446 g/mol. The molecule has 0 aliphatic carbocycles. The van der Waals surface area contributed by atoms with Crippen LogP contribution in [0.4, 0.5) is 0 Å². The molecular formula is C22H37Cl2N3O2. The topological polar surface area (TPSA) is 58.8 Å². The summed E-state index contributed by atoms with van der Waals surface area (Å²) in [5, 5.41) is 0. The van der Waals surface area contributed by atoms with Crippen LogP contribution in [0.25, 0.3) is 0 Å². The van der Waals surface area contributed by atoms with Crippen molar-refractivity contribution in [3.05, 3.63) is 29.8 Å². The monoisotopic (exact) mass is 445 g/mol. The maximum atomic E-state index is 12.6. The van der Waals surface area contributed by atoms with Gasteiger partial charge in [0.25, 0.3) is 0 Å². The molecule has 1 aromatic carbocycles. The molecule has 1 atom stereocenters. The Morgan fingerprint density at radius 1 is 1.07 bits per heavy atom. The van der Waals surface area contributed by atoms with E-state index in [0.717, 1.165) is 44.6 Å². The summed E-state index contributed by atoms with van der Waals surface area (Å²) in [6.45, 7) is 4.97. The van der Waals surface area contributed by atoms with Crippen molar-refractivity contribution in [2.24, 2.45) is 5.73 Å². The minimum Gasteiger partial charge on any atom is -0.494 e. The predicted molar refractivity (Wildman–Crippen MR) is 123 cm³/mol. The Hall–Kier alpha value is -1.01. The zero-order valence-corrected chi connectivity index (χ0v) is 19.0. The third-order valence-corrected chi connectivity index (χ3v) is 5.86. The Kier molecular flexibility index (Phi) is 12.6. The van der Waals surface area contributed by atoms with Crippen molar-refractivity contribution in [3.8, 4) is 5.75 Å². The van der Waals surface area contributed by atoms with Gasteiger partial charge in [0.05, 0.1) is 6.61 Å². The first-order valence-corrected chi connectivity index (χ1v) is 10.7. The van der Waals surface area contributed by atoms with Gasteiger partial charge in [0, 0.05) is 32.1 Å². The molecule has 2 N–H and O–H groups in total. The third-order valence-electron chi connectivity index (χ3n) is 5.86. The van der Waals surface area contributed by atoms with Gasteiger partial charge in [0.15, 0.2) is 0 Å². The highest BCUT2D eigenvalue weighted by atomic mass is 35.5. The van der Waals surface area contributed by atoms with E-state index in [9.17, 15) is 4.79 Å². The first-order chi connectivity index (χ1) is 13.3. The second-order valence-electron chi connectivity index (χ2n) is 7.85. The number of halogens is 2. The number of ether oxygens (including phenoxy) is 1. The molecule has 2 heterocycles. The number of aryl methyl sites for hydroxylation is 1. The number of rotatable bonds is 3. The molecule has 7 heteroatoms. The average Bonchev–Trinajstić information content (AvgIpc) is 2.70. The molecule has 1 amide bonds. The normalized spacial score (nSPS) is 20.9. The van der Waals surface area contributed by atoms with E-state index >= 15 is 0 Å². The van der Waals surface area contributed by atoms with Gasteiger partial charge in [-0.1, -0.05) is 18.6 Å². The molecule has 1 fully saturated rings. The largest absolute Gasteiger partial charge is 0.494 e. The highest BCUT2D eigenvalue weighted by Crippen LogP contribution is 2.23. The van der Waals surface area contributed by atoms with E-state index in [1.807, 2.05) is 11.0 Å². The number of carbonyl (C=O) groups excluding carboxylic acids is 1. The number of amides is 1. The lowest BCUT2D eigenvalue weighted by Gasteiger charge is -2.37. The number of hydrogen-bond donors (Lipinski definition) is 1. The fraction of sp³-hybridized carbons (Fsp3) is 0.682. The van der Waals surface area contributed by atoms with E-state index in [1.165, 1.54) is 37.8 Å². The van der Waals surface area contributed by atoms with Crippen molar-refractivity contribution >= 4 is 30.7 Å². The summed E-state index contributed by atoms with van der Waals surface area (Å²) in [4.78, 5) is 17.3. The van der Waals surface area contributed by atoms with Crippen LogP contribution in [-0.2, 0) is 11.2 Å². The van der Waals surface area contributed by atoms with Crippen LogP contribution < -0.4 is 10.5 Å². The molecule has 2 aliphatic rings. The number of hydrogen-bond acceptors (Lipinski definition) is 4. The number of benzene rings is 1. The smallest absolute Gasteiger partial charge is 0.222 e. The van der Waals surface area contributed by atoms with Gasteiger partial charge in [-0.3, -0.25) is 9.69 Å². The number of nitrogens with two attached hydrogens (primary N) is 1. The number of piperidine rings is 1. The molecule has 29 heavy (non-hydrogen) atoms. The molecule has 3 rings (SSSR count). The van der Waals surface area contributed by atoms with Gasteiger partial charge in [-0.2, -0.15) is 0 Å². The van der Waals surface area contributed by atoms with Crippen LogP contribution in [0.1, 0.15) is 50.5 Å². The molecule has 0 radical (unpaired) electrons. The van der Waals surface area contributed by atoms with Crippen LogP contribution >= 0.6 is 24.8 Å². The Balaban J connectivity index is 0.00000210. The van der Waals surface area contributed by atoms with Crippen molar-refractivity contribution in [1.82, 2.24) is 9.80 Å². The van der Waals surface area contributed by atoms with Crippen molar-refractivity contribution in [3.63, 3.8) is 0 Å². The van der Waals surface area contributed by atoms with Crippen molar-refractivity contribution in [1.29, 1.82) is 0 Å². The van der Waals surface area contributed by atoms with Crippen LogP contribution in [0.3, 0.4) is 0 Å². The maximum absolute atomic E-state index is 12.6. The van der Waals surface area contributed by atoms with Crippen molar-refractivity contribution < 1.29 is 9.53 Å². The lowest BCUT2D eigenvalue weighted by atomic mass is 9.95. The molecule has 166 valence electrons. The minimum absolute atomic E-state index is 0. The van der Waals surface area contributed by atoms with Gasteiger partial charge < -0.3 is 15.4 Å². The van der Waals surface area contributed by atoms with Gasteiger partial charge in [0.1, 0.15) is 5.75 Å². The predicted octanol–water partition coefficient (Wildman–Crippen LogP) is 3.67. The van der Waals surface area contributed by atoms with Gasteiger partial charge in [-0.15, -0.1) is 24.8 Å². The molecule has 1 saturated heterocycles. The molecule has 1 unspecified atom stereocenters. The van der Waals surface area contributed by atoms with Crippen LogP contribution in [-0.4, -0.2) is 61.1 Å². The third kappa shape index (κ3) is 8.33. The second kappa shape index (κ2) is 14.1. The summed E-state index contributed by atoms with van der Waals surface area (Å²) in [7, 11) is 0. The number of carbonyl (C=O) groups is 1. The van der Waals surface area contributed by atoms with E-state index in [4.69, 9.17) is 10.5 Å².